The van der Waals surface area contributed by atoms with Crippen LogP contribution in [0.4, 0.5) is 25.8 Å². The number of nitrogens with zero attached hydrogens (tertiary/aromatic N) is 1. The molecular weight excluding hydrogens is 258 g/mol. The zero-order valence-electron chi connectivity index (χ0n) is 9.62. The number of nitrogens with two attached hydrogens (primary N) is 1. The van der Waals surface area contributed by atoms with Crippen LogP contribution in [0.15, 0.2) is 36.4 Å². The van der Waals surface area contributed by atoms with Gasteiger partial charge in [-0.15, -0.1) is 0 Å². The molecule has 0 unspecified atom stereocenters. The summed E-state index contributed by atoms with van der Waals surface area (Å²) in [6.45, 7) is 0. The van der Waals surface area contributed by atoms with Crippen LogP contribution in [-0.2, 0) is 0 Å². The molecule has 2 rings (SSSR count). The summed E-state index contributed by atoms with van der Waals surface area (Å²) in [6.07, 6.45) is 0. The molecule has 0 aliphatic carbocycles. The summed E-state index contributed by atoms with van der Waals surface area (Å²) in [5.41, 5.74) is 7.03. The molecule has 0 aliphatic heterocycles. The molecule has 18 heavy (non-hydrogen) atoms. The predicted molar refractivity (Wildman–Crippen MR) is 70.3 cm³/mol. The molecular formula is C13H11ClF2N2. The molecule has 0 bridgehead atoms. The fourth-order valence-electron chi connectivity index (χ4n) is 1.68. The van der Waals surface area contributed by atoms with Crippen LogP contribution in [0.1, 0.15) is 0 Å². The average Bonchev–Trinajstić information content (AvgIpc) is 2.26. The van der Waals surface area contributed by atoms with Gasteiger partial charge in [0.15, 0.2) is 0 Å². The molecule has 94 valence electrons. The highest BCUT2D eigenvalue weighted by atomic mass is 35.5. The number of anilines is 3. The summed E-state index contributed by atoms with van der Waals surface area (Å²) in [4.78, 5) is 1.55. The van der Waals surface area contributed by atoms with Crippen LogP contribution in [0.5, 0.6) is 0 Å². The van der Waals surface area contributed by atoms with Crippen LogP contribution in [0.3, 0.4) is 0 Å². The van der Waals surface area contributed by atoms with E-state index in [2.05, 4.69) is 0 Å². The molecule has 0 spiro atoms. The lowest BCUT2D eigenvalue weighted by Crippen LogP contribution is -2.11. The Balaban J connectivity index is 2.44. The van der Waals surface area contributed by atoms with Gasteiger partial charge in [0.2, 0.25) is 0 Å². The minimum Gasteiger partial charge on any atom is -0.399 e. The Morgan fingerprint density at radius 2 is 1.83 bits per heavy atom. The number of benzene rings is 2. The van der Waals surface area contributed by atoms with Crippen molar-refractivity contribution in [2.24, 2.45) is 0 Å². The average molecular weight is 269 g/mol. The standard InChI is InChI=1S/C13H11ClF2N2/c1-18(11-5-8(14)4-10(17)7-11)13-3-2-9(15)6-12(13)16/h2-7H,17H2,1H3. The molecule has 5 heteroatoms. The van der Waals surface area contributed by atoms with Gasteiger partial charge in [0.05, 0.1) is 5.69 Å². The lowest BCUT2D eigenvalue weighted by atomic mass is 10.2. The van der Waals surface area contributed by atoms with Gasteiger partial charge in [-0.25, -0.2) is 8.78 Å². The summed E-state index contributed by atoms with van der Waals surface area (Å²) in [6, 6.07) is 8.31. The van der Waals surface area contributed by atoms with E-state index < -0.39 is 11.6 Å². The van der Waals surface area contributed by atoms with Gasteiger partial charge in [-0.1, -0.05) is 11.6 Å². The predicted octanol–water partition coefficient (Wildman–Crippen LogP) is 3.97. The van der Waals surface area contributed by atoms with E-state index in [1.165, 1.54) is 12.1 Å². The Bertz CT molecular complexity index is 567. The van der Waals surface area contributed by atoms with Gasteiger partial charge < -0.3 is 10.6 Å². The normalized spacial score (nSPS) is 10.4. The molecule has 2 N–H and O–H groups in total. The van der Waals surface area contributed by atoms with Crippen LogP contribution >= 0.6 is 11.6 Å². The van der Waals surface area contributed by atoms with E-state index in [0.29, 0.717) is 16.4 Å². The molecule has 0 amide bonds. The zero-order chi connectivity index (χ0) is 13.3. The van der Waals surface area contributed by atoms with Crippen molar-refractivity contribution in [1.29, 1.82) is 0 Å². The summed E-state index contributed by atoms with van der Waals surface area (Å²) in [7, 11) is 1.65. The van der Waals surface area contributed by atoms with Gasteiger partial charge in [-0.05, 0) is 30.3 Å². The van der Waals surface area contributed by atoms with Crippen molar-refractivity contribution in [3.8, 4) is 0 Å². The molecule has 2 aromatic rings. The SMILES string of the molecule is CN(c1cc(N)cc(Cl)c1)c1ccc(F)cc1F. The van der Waals surface area contributed by atoms with Gasteiger partial charge in [-0.2, -0.15) is 0 Å². The largest absolute Gasteiger partial charge is 0.399 e. The first-order valence-corrected chi connectivity index (χ1v) is 5.60. The highest BCUT2D eigenvalue weighted by molar-refractivity contribution is 6.31. The first-order valence-electron chi connectivity index (χ1n) is 5.22. The van der Waals surface area contributed by atoms with Crippen molar-refractivity contribution < 1.29 is 8.78 Å². The molecule has 0 heterocycles. The number of hydrogen-bond donors (Lipinski definition) is 1. The number of rotatable bonds is 2. The van der Waals surface area contributed by atoms with Crippen molar-refractivity contribution in [1.82, 2.24) is 0 Å². The molecule has 0 saturated heterocycles. The molecule has 0 aliphatic rings. The third-order valence-corrected chi connectivity index (χ3v) is 2.78. The number of halogens is 3. The molecule has 0 radical (unpaired) electrons. The van der Waals surface area contributed by atoms with Crippen LogP contribution in [0.25, 0.3) is 0 Å². The number of nitrogen functional groups attached to an aromatic ring is 1. The van der Waals surface area contributed by atoms with Crippen molar-refractivity contribution in [2.75, 3.05) is 17.7 Å². The maximum atomic E-state index is 13.6. The Hall–Kier alpha value is -1.81. The third-order valence-electron chi connectivity index (χ3n) is 2.56. The van der Waals surface area contributed by atoms with Gasteiger partial charge in [0.1, 0.15) is 11.6 Å². The van der Waals surface area contributed by atoms with Crippen LogP contribution in [0.2, 0.25) is 5.02 Å². The van der Waals surface area contributed by atoms with Gasteiger partial charge in [0, 0.05) is 29.5 Å². The first kappa shape index (κ1) is 12.6. The summed E-state index contributed by atoms with van der Waals surface area (Å²) >= 11 is 5.89. The van der Waals surface area contributed by atoms with E-state index in [4.69, 9.17) is 17.3 Å². The van der Waals surface area contributed by atoms with Crippen molar-refractivity contribution >= 4 is 28.7 Å². The quantitative estimate of drug-likeness (QED) is 0.835. The van der Waals surface area contributed by atoms with E-state index in [9.17, 15) is 8.78 Å². The first-order chi connectivity index (χ1) is 8.47. The zero-order valence-corrected chi connectivity index (χ0v) is 10.4. The lowest BCUT2D eigenvalue weighted by molar-refractivity contribution is 0.583. The molecule has 0 fully saturated rings. The molecule has 0 atom stereocenters. The Kier molecular flexibility index (Phi) is 3.39. The third kappa shape index (κ3) is 2.54. The minimum absolute atomic E-state index is 0.248. The van der Waals surface area contributed by atoms with Crippen LogP contribution < -0.4 is 10.6 Å². The van der Waals surface area contributed by atoms with E-state index in [1.54, 1.807) is 30.1 Å². The second-order valence-electron chi connectivity index (χ2n) is 3.90. The highest BCUT2D eigenvalue weighted by Crippen LogP contribution is 2.30. The van der Waals surface area contributed by atoms with E-state index in [1.807, 2.05) is 0 Å². The highest BCUT2D eigenvalue weighted by Gasteiger charge is 2.11. The molecule has 2 nitrogen and oxygen atoms in total. The fourth-order valence-corrected chi connectivity index (χ4v) is 1.92. The summed E-state index contributed by atoms with van der Waals surface area (Å²) in [5.74, 6) is -1.26. The second-order valence-corrected chi connectivity index (χ2v) is 4.33. The van der Waals surface area contributed by atoms with Crippen molar-refractivity contribution in [3.05, 3.63) is 53.1 Å². The fraction of sp³-hybridized carbons (Fsp3) is 0.0769. The van der Waals surface area contributed by atoms with Crippen molar-refractivity contribution in [3.63, 3.8) is 0 Å². The van der Waals surface area contributed by atoms with Gasteiger partial charge in [0.25, 0.3) is 0 Å². The second kappa shape index (κ2) is 4.82. The Morgan fingerprint density at radius 1 is 1.11 bits per heavy atom. The smallest absolute Gasteiger partial charge is 0.149 e. The van der Waals surface area contributed by atoms with Gasteiger partial charge >= 0.3 is 0 Å². The summed E-state index contributed by atoms with van der Waals surface area (Å²) < 4.78 is 26.5. The summed E-state index contributed by atoms with van der Waals surface area (Å²) in [5, 5.41) is 0.458. The number of hydrogen-bond acceptors (Lipinski definition) is 2. The minimum atomic E-state index is -0.643. The van der Waals surface area contributed by atoms with Crippen molar-refractivity contribution in [2.45, 2.75) is 0 Å². The van der Waals surface area contributed by atoms with E-state index in [-0.39, 0.29) is 5.69 Å². The van der Waals surface area contributed by atoms with E-state index >= 15 is 0 Å². The molecule has 0 aromatic heterocycles. The maximum Gasteiger partial charge on any atom is 0.149 e. The van der Waals surface area contributed by atoms with Crippen LogP contribution in [0, 0.1) is 11.6 Å². The topological polar surface area (TPSA) is 29.3 Å². The van der Waals surface area contributed by atoms with E-state index in [0.717, 1.165) is 6.07 Å². The maximum absolute atomic E-state index is 13.6. The van der Waals surface area contributed by atoms with Gasteiger partial charge in [-0.3, -0.25) is 0 Å². The lowest BCUT2D eigenvalue weighted by Gasteiger charge is -2.20. The molecule has 0 saturated carbocycles. The Labute approximate surface area is 109 Å². The van der Waals surface area contributed by atoms with Crippen LogP contribution in [-0.4, -0.2) is 7.05 Å². The Morgan fingerprint density at radius 3 is 2.44 bits per heavy atom. The molecule has 2 aromatic carbocycles. The monoisotopic (exact) mass is 268 g/mol.